The van der Waals surface area contributed by atoms with Crippen molar-refractivity contribution in [3.8, 4) is 0 Å². The second kappa shape index (κ2) is 9.92. The first kappa shape index (κ1) is 22.8. The highest BCUT2D eigenvalue weighted by atomic mass is 16.2. The van der Waals surface area contributed by atoms with Crippen LogP contribution in [-0.2, 0) is 9.59 Å². The van der Waals surface area contributed by atoms with Gasteiger partial charge < -0.3 is 20.0 Å². The zero-order chi connectivity index (χ0) is 21.8. The molecule has 0 aliphatic carbocycles. The van der Waals surface area contributed by atoms with Crippen molar-refractivity contribution in [2.24, 2.45) is 0 Å². The van der Waals surface area contributed by atoms with Gasteiger partial charge in [-0.3, -0.25) is 9.59 Å². The van der Waals surface area contributed by atoms with Gasteiger partial charge in [0.2, 0.25) is 0 Å². The Kier molecular flexibility index (Phi) is 7.53. The third kappa shape index (κ3) is 5.22. The summed E-state index contributed by atoms with van der Waals surface area (Å²) in [5, 5.41) is 3.10. The standard InChI is InChI=1S/C24H38N4O2/c1-17-8-6-9-18(2)23(17)25-22(29)16-26-12-14-27(15-13-26)21(5)24(30)28-19(3)10-7-11-20(28)4/h6,8-9,19-21H,7,10-16H2,1-5H3,(H,25,29)/p+2/t19-,20-,21+/m0/s1. The van der Waals surface area contributed by atoms with Crippen molar-refractivity contribution in [1.82, 2.24) is 4.90 Å². The van der Waals surface area contributed by atoms with Crippen LogP contribution < -0.4 is 15.1 Å². The van der Waals surface area contributed by atoms with Crippen molar-refractivity contribution in [3.63, 3.8) is 0 Å². The molecule has 2 aliphatic heterocycles. The van der Waals surface area contributed by atoms with Gasteiger partial charge >= 0.3 is 0 Å². The van der Waals surface area contributed by atoms with Crippen molar-refractivity contribution >= 4 is 17.5 Å². The molecule has 1 aromatic rings. The number of carbonyl (C=O) groups excluding carboxylic acids is 2. The number of hydrogen-bond donors (Lipinski definition) is 3. The van der Waals surface area contributed by atoms with E-state index in [4.69, 9.17) is 0 Å². The lowest BCUT2D eigenvalue weighted by Gasteiger charge is -2.42. The van der Waals surface area contributed by atoms with E-state index in [9.17, 15) is 9.59 Å². The highest BCUT2D eigenvalue weighted by molar-refractivity contribution is 5.93. The molecule has 30 heavy (non-hydrogen) atoms. The summed E-state index contributed by atoms with van der Waals surface area (Å²) in [6.07, 6.45) is 3.45. The fourth-order valence-electron chi connectivity index (χ4n) is 5.21. The molecule has 0 aromatic heterocycles. The van der Waals surface area contributed by atoms with Gasteiger partial charge in [-0.15, -0.1) is 0 Å². The van der Waals surface area contributed by atoms with Crippen molar-refractivity contribution < 1.29 is 19.4 Å². The van der Waals surface area contributed by atoms with Crippen molar-refractivity contribution in [1.29, 1.82) is 0 Å². The van der Waals surface area contributed by atoms with Gasteiger partial charge in [0.1, 0.15) is 26.2 Å². The molecule has 2 saturated heterocycles. The molecule has 0 radical (unpaired) electrons. The van der Waals surface area contributed by atoms with Crippen LogP contribution in [0.3, 0.4) is 0 Å². The second-order valence-electron chi connectivity index (χ2n) is 9.50. The summed E-state index contributed by atoms with van der Waals surface area (Å²) in [5.74, 6) is 0.381. The molecule has 2 heterocycles. The number of aryl methyl sites for hydroxylation is 2. The fourth-order valence-corrected chi connectivity index (χ4v) is 5.21. The molecular weight excluding hydrogens is 376 g/mol. The molecule has 1 aromatic carbocycles. The zero-order valence-corrected chi connectivity index (χ0v) is 19.4. The Balaban J connectivity index is 1.49. The van der Waals surface area contributed by atoms with E-state index in [0.29, 0.717) is 24.5 Å². The largest absolute Gasteiger partial charge is 0.332 e. The lowest BCUT2D eigenvalue weighted by molar-refractivity contribution is -1.02. The summed E-state index contributed by atoms with van der Waals surface area (Å²) >= 11 is 0. The number of piperidine rings is 1. The maximum atomic E-state index is 13.2. The molecule has 3 rings (SSSR count). The Morgan fingerprint density at radius 3 is 2.20 bits per heavy atom. The molecule has 3 N–H and O–H groups in total. The Morgan fingerprint density at radius 1 is 1.07 bits per heavy atom. The van der Waals surface area contributed by atoms with Gasteiger partial charge in [-0.1, -0.05) is 18.2 Å². The smallest absolute Gasteiger partial charge is 0.281 e. The minimum Gasteiger partial charge on any atom is -0.332 e. The molecule has 3 atom stereocenters. The van der Waals surface area contributed by atoms with E-state index in [0.717, 1.165) is 55.8 Å². The van der Waals surface area contributed by atoms with E-state index in [2.05, 4.69) is 31.0 Å². The fraction of sp³-hybridized carbons (Fsp3) is 0.667. The van der Waals surface area contributed by atoms with E-state index in [1.807, 2.05) is 32.0 Å². The molecule has 6 heteroatoms. The van der Waals surface area contributed by atoms with Crippen LogP contribution in [0.4, 0.5) is 5.69 Å². The first-order valence-electron chi connectivity index (χ1n) is 11.6. The first-order valence-corrected chi connectivity index (χ1v) is 11.6. The van der Waals surface area contributed by atoms with Crippen LogP contribution in [0.5, 0.6) is 0 Å². The molecule has 0 bridgehead atoms. The Labute approximate surface area is 181 Å². The average Bonchev–Trinajstić information content (AvgIpc) is 2.70. The summed E-state index contributed by atoms with van der Waals surface area (Å²) in [5.41, 5.74) is 3.14. The number of quaternary nitrogens is 2. The minimum atomic E-state index is -0.00186. The van der Waals surface area contributed by atoms with Gasteiger partial charge in [-0.2, -0.15) is 0 Å². The van der Waals surface area contributed by atoms with E-state index in [-0.39, 0.29) is 11.9 Å². The van der Waals surface area contributed by atoms with Gasteiger partial charge in [0.05, 0.1) is 0 Å². The monoisotopic (exact) mass is 416 g/mol. The van der Waals surface area contributed by atoms with E-state index < -0.39 is 0 Å². The lowest BCUT2D eigenvalue weighted by atomic mass is 9.96. The zero-order valence-electron chi connectivity index (χ0n) is 19.4. The number of nitrogens with one attached hydrogen (secondary N) is 3. The summed E-state index contributed by atoms with van der Waals surface area (Å²) in [6, 6.07) is 6.77. The van der Waals surface area contributed by atoms with E-state index in [1.54, 1.807) is 0 Å². The number of hydrogen-bond acceptors (Lipinski definition) is 2. The van der Waals surface area contributed by atoms with Crippen LogP contribution >= 0.6 is 0 Å². The normalized spacial score (nSPS) is 28.1. The van der Waals surface area contributed by atoms with Crippen LogP contribution in [0.15, 0.2) is 18.2 Å². The number of rotatable bonds is 5. The molecule has 6 nitrogen and oxygen atoms in total. The number of para-hydroxylation sites is 1. The highest BCUT2D eigenvalue weighted by Gasteiger charge is 2.38. The van der Waals surface area contributed by atoms with Crippen LogP contribution in [0.1, 0.15) is 51.2 Å². The molecule has 0 spiro atoms. The van der Waals surface area contributed by atoms with E-state index in [1.165, 1.54) is 16.2 Å². The molecule has 0 unspecified atom stereocenters. The SMILES string of the molecule is Cc1cccc(C)c1NC(=O)C[NH+]1CC[NH+]([C@H](C)C(=O)N2[C@@H](C)CCC[C@@H]2C)CC1. The van der Waals surface area contributed by atoms with Crippen LogP contribution in [-0.4, -0.2) is 67.6 Å². The topological polar surface area (TPSA) is 58.3 Å². The predicted molar refractivity (Wildman–Crippen MR) is 120 cm³/mol. The Bertz CT molecular complexity index is 727. The van der Waals surface area contributed by atoms with E-state index >= 15 is 0 Å². The number of carbonyl (C=O) groups is 2. The van der Waals surface area contributed by atoms with Crippen LogP contribution in [0, 0.1) is 13.8 Å². The van der Waals surface area contributed by atoms with Crippen LogP contribution in [0.2, 0.25) is 0 Å². The van der Waals surface area contributed by atoms with Crippen molar-refractivity contribution in [2.75, 3.05) is 38.0 Å². The third-order valence-corrected chi connectivity index (χ3v) is 7.19. The summed E-state index contributed by atoms with van der Waals surface area (Å²) in [4.78, 5) is 30.6. The number of piperazine rings is 1. The average molecular weight is 417 g/mol. The molecular formula is C24H40N4O2+2. The van der Waals surface area contributed by atoms with Gasteiger partial charge in [0, 0.05) is 17.8 Å². The summed E-state index contributed by atoms with van der Waals surface area (Å²) in [7, 11) is 0. The first-order chi connectivity index (χ1) is 14.3. The molecule has 166 valence electrons. The summed E-state index contributed by atoms with van der Waals surface area (Å²) < 4.78 is 0. The number of anilines is 1. The van der Waals surface area contributed by atoms with Gasteiger partial charge in [-0.25, -0.2) is 0 Å². The molecule has 2 amide bonds. The minimum absolute atomic E-state index is 0.00186. The Morgan fingerprint density at radius 2 is 1.63 bits per heavy atom. The van der Waals surface area contributed by atoms with Crippen molar-refractivity contribution in [2.45, 2.75) is 72.0 Å². The van der Waals surface area contributed by atoms with Gasteiger partial charge in [0.15, 0.2) is 12.6 Å². The van der Waals surface area contributed by atoms with Gasteiger partial charge in [-0.05, 0) is 65.0 Å². The number of nitrogens with zero attached hydrogens (tertiary/aromatic N) is 1. The molecule has 0 saturated carbocycles. The maximum Gasteiger partial charge on any atom is 0.281 e. The second-order valence-corrected chi connectivity index (χ2v) is 9.50. The highest BCUT2D eigenvalue weighted by Crippen LogP contribution is 2.23. The third-order valence-electron chi connectivity index (χ3n) is 7.19. The number of likely N-dealkylation sites (tertiary alicyclic amines) is 1. The lowest BCUT2D eigenvalue weighted by Crippen LogP contribution is -3.30. The molecule has 2 aliphatic rings. The Hall–Kier alpha value is -1.92. The van der Waals surface area contributed by atoms with Crippen molar-refractivity contribution in [3.05, 3.63) is 29.3 Å². The number of amides is 2. The van der Waals surface area contributed by atoms with Crippen LogP contribution in [0.25, 0.3) is 0 Å². The summed E-state index contributed by atoms with van der Waals surface area (Å²) in [6.45, 7) is 14.7. The van der Waals surface area contributed by atoms with Gasteiger partial charge in [0.25, 0.3) is 11.8 Å². The number of benzene rings is 1. The predicted octanol–water partition coefficient (Wildman–Crippen LogP) is 0.203. The maximum absolute atomic E-state index is 13.2. The molecule has 2 fully saturated rings. The quantitative estimate of drug-likeness (QED) is 0.643.